The van der Waals surface area contributed by atoms with Gasteiger partial charge in [-0.05, 0) is 58.4 Å². The molecular weight excluding hydrogens is 216 g/mol. The Balaban J connectivity index is 2.72. The summed E-state index contributed by atoms with van der Waals surface area (Å²) in [7, 11) is 0. The Bertz CT molecular complexity index is 413. The monoisotopic (exact) mass is 244 g/mol. The Morgan fingerprint density at radius 1 is 1.33 bits per heavy atom. The number of hydrogen-bond acceptors (Lipinski definition) is 0. The van der Waals surface area contributed by atoms with Gasteiger partial charge >= 0.3 is 0 Å². The molecule has 0 amide bonds. The summed E-state index contributed by atoms with van der Waals surface area (Å²) in [5.74, 6) is 0.724. The number of hydrogen-bond donors (Lipinski definition) is 0. The van der Waals surface area contributed by atoms with Gasteiger partial charge in [0.25, 0.3) is 0 Å². The lowest BCUT2D eigenvalue weighted by molar-refractivity contribution is 0.678. The van der Waals surface area contributed by atoms with E-state index in [4.69, 9.17) is 0 Å². The van der Waals surface area contributed by atoms with Gasteiger partial charge in [0.1, 0.15) is 0 Å². The molecule has 1 aliphatic carbocycles. The molecule has 0 aromatic heterocycles. The van der Waals surface area contributed by atoms with Gasteiger partial charge < -0.3 is 0 Å². The van der Waals surface area contributed by atoms with Crippen LogP contribution in [0.2, 0.25) is 0 Å². The first-order valence-corrected chi connectivity index (χ1v) is 7.14. The molecule has 0 N–H and O–H groups in total. The van der Waals surface area contributed by atoms with Gasteiger partial charge in [0, 0.05) is 0 Å². The second-order valence-corrected chi connectivity index (χ2v) is 5.79. The molecule has 0 aliphatic heterocycles. The van der Waals surface area contributed by atoms with E-state index in [9.17, 15) is 0 Å². The van der Waals surface area contributed by atoms with E-state index >= 15 is 0 Å². The SMILES string of the molecule is CC/C(C)=C(C)\C=C(/C)CC1=CCC(C)C(C)=C1. The highest BCUT2D eigenvalue weighted by molar-refractivity contribution is 5.34. The molecule has 0 saturated heterocycles. The van der Waals surface area contributed by atoms with Gasteiger partial charge in [0.05, 0.1) is 0 Å². The van der Waals surface area contributed by atoms with Crippen LogP contribution in [0.3, 0.4) is 0 Å². The lowest BCUT2D eigenvalue weighted by Gasteiger charge is -2.17. The van der Waals surface area contributed by atoms with Crippen molar-refractivity contribution in [3.63, 3.8) is 0 Å². The first-order chi connectivity index (χ1) is 8.43. The van der Waals surface area contributed by atoms with Crippen LogP contribution < -0.4 is 0 Å². The van der Waals surface area contributed by atoms with Gasteiger partial charge in [0.15, 0.2) is 0 Å². The molecule has 100 valence electrons. The van der Waals surface area contributed by atoms with Crippen LogP contribution >= 0.6 is 0 Å². The molecule has 0 aromatic rings. The zero-order valence-electron chi connectivity index (χ0n) is 12.9. The fourth-order valence-corrected chi connectivity index (χ4v) is 2.28. The lowest BCUT2D eigenvalue weighted by Crippen LogP contribution is -2.01. The van der Waals surface area contributed by atoms with E-state index in [1.54, 1.807) is 0 Å². The Morgan fingerprint density at radius 3 is 2.56 bits per heavy atom. The molecule has 1 unspecified atom stereocenters. The minimum atomic E-state index is 0.724. The van der Waals surface area contributed by atoms with Crippen molar-refractivity contribution in [1.82, 2.24) is 0 Å². The molecule has 0 fully saturated rings. The van der Waals surface area contributed by atoms with Crippen LogP contribution in [-0.4, -0.2) is 0 Å². The molecule has 0 heterocycles. The molecule has 0 radical (unpaired) electrons. The molecule has 18 heavy (non-hydrogen) atoms. The van der Waals surface area contributed by atoms with Crippen molar-refractivity contribution in [3.8, 4) is 0 Å². The summed E-state index contributed by atoms with van der Waals surface area (Å²) in [5, 5.41) is 0. The number of rotatable bonds is 4. The van der Waals surface area contributed by atoms with Crippen molar-refractivity contribution in [1.29, 1.82) is 0 Å². The van der Waals surface area contributed by atoms with Crippen molar-refractivity contribution < 1.29 is 0 Å². The van der Waals surface area contributed by atoms with Gasteiger partial charge in [-0.3, -0.25) is 0 Å². The predicted molar refractivity (Wildman–Crippen MR) is 82.7 cm³/mol. The smallest absolute Gasteiger partial charge is 0.00698 e. The average Bonchev–Trinajstić information content (AvgIpc) is 2.32. The fraction of sp³-hybridized carbons (Fsp3) is 0.556. The Hall–Kier alpha value is -1.04. The third-order valence-electron chi connectivity index (χ3n) is 4.07. The predicted octanol–water partition coefficient (Wildman–Crippen LogP) is 5.98. The molecule has 1 rings (SSSR count). The molecular formula is C18H28. The molecule has 0 saturated carbocycles. The minimum absolute atomic E-state index is 0.724. The first kappa shape index (κ1) is 15.0. The summed E-state index contributed by atoms with van der Waals surface area (Å²) in [6.45, 7) is 13.5. The molecule has 0 spiro atoms. The maximum Gasteiger partial charge on any atom is -0.00698 e. The summed E-state index contributed by atoms with van der Waals surface area (Å²) in [5.41, 5.74) is 7.40. The van der Waals surface area contributed by atoms with Crippen molar-refractivity contribution in [2.75, 3.05) is 0 Å². The third kappa shape index (κ3) is 4.33. The Labute approximate surface area is 113 Å². The average molecular weight is 244 g/mol. The van der Waals surface area contributed by atoms with E-state index in [1.165, 1.54) is 34.3 Å². The van der Waals surface area contributed by atoms with Gasteiger partial charge in [0.2, 0.25) is 0 Å². The van der Waals surface area contributed by atoms with E-state index in [1.807, 2.05) is 0 Å². The largest absolute Gasteiger partial charge is 0.0804 e. The van der Waals surface area contributed by atoms with Crippen LogP contribution in [0.5, 0.6) is 0 Å². The minimum Gasteiger partial charge on any atom is -0.0804 e. The van der Waals surface area contributed by atoms with Crippen LogP contribution in [0.4, 0.5) is 0 Å². The Morgan fingerprint density at radius 2 is 2.00 bits per heavy atom. The zero-order valence-corrected chi connectivity index (χ0v) is 12.9. The topological polar surface area (TPSA) is 0 Å². The quantitative estimate of drug-likeness (QED) is 0.533. The summed E-state index contributed by atoms with van der Waals surface area (Å²) in [4.78, 5) is 0. The van der Waals surface area contributed by atoms with Crippen molar-refractivity contribution in [2.24, 2.45) is 5.92 Å². The highest BCUT2D eigenvalue weighted by atomic mass is 14.1. The summed E-state index contributed by atoms with van der Waals surface area (Å²) in [6, 6.07) is 0. The Kier molecular flexibility index (Phi) is 5.65. The highest BCUT2D eigenvalue weighted by Crippen LogP contribution is 2.26. The van der Waals surface area contributed by atoms with Crippen molar-refractivity contribution >= 4 is 0 Å². The summed E-state index contributed by atoms with van der Waals surface area (Å²) < 4.78 is 0. The van der Waals surface area contributed by atoms with Gasteiger partial charge in [-0.1, -0.05) is 54.4 Å². The van der Waals surface area contributed by atoms with Crippen molar-refractivity contribution in [2.45, 2.75) is 60.8 Å². The number of allylic oxidation sites excluding steroid dienone is 8. The van der Waals surface area contributed by atoms with E-state index in [0.29, 0.717) is 0 Å². The maximum atomic E-state index is 2.40. The fourth-order valence-electron chi connectivity index (χ4n) is 2.28. The molecule has 0 bridgehead atoms. The van der Waals surface area contributed by atoms with Crippen LogP contribution in [-0.2, 0) is 0 Å². The first-order valence-electron chi connectivity index (χ1n) is 7.14. The molecule has 0 aromatic carbocycles. The maximum absolute atomic E-state index is 2.40. The van der Waals surface area contributed by atoms with E-state index in [2.05, 4.69) is 59.8 Å². The normalized spacial score (nSPS) is 22.3. The molecule has 0 heteroatoms. The van der Waals surface area contributed by atoms with Crippen LogP contribution in [0, 0.1) is 5.92 Å². The van der Waals surface area contributed by atoms with Crippen LogP contribution in [0.25, 0.3) is 0 Å². The summed E-state index contributed by atoms with van der Waals surface area (Å²) in [6.07, 6.45) is 10.6. The third-order valence-corrected chi connectivity index (χ3v) is 4.07. The molecule has 1 atom stereocenters. The van der Waals surface area contributed by atoms with Gasteiger partial charge in [-0.25, -0.2) is 0 Å². The van der Waals surface area contributed by atoms with Crippen LogP contribution in [0.1, 0.15) is 60.8 Å². The molecule has 0 nitrogen and oxygen atoms in total. The van der Waals surface area contributed by atoms with E-state index in [-0.39, 0.29) is 0 Å². The highest BCUT2D eigenvalue weighted by Gasteiger charge is 2.09. The molecule has 1 aliphatic rings. The van der Waals surface area contributed by atoms with Gasteiger partial charge in [-0.2, -0.15) is 0 Å². The zero-order chi connectivity index (χ0) is 13.7. The summed E-state index contributed by atoms with van der Waals surface area (Å²) >= 11 is 0. The van der Waals surface area contributed by atoms with E-state index in [0.717, 1.165) is 18.8 Å². The van der Waals surface area contributed by atoms with Crippen molar-refractivity contribution in [3.05, 3.63) is 46.1 Å². The van der Waals surface area contributed by atoms with Gasteiger partial charge in [-0.15, -0.1) is 0 Å². The van der Waals surface area contributed by atoms with Crippen LogP contribution in [0.15, 0.2) is 46.1 Å². The second-order valence-electron chi connectivity index (χ2n) is 5.79. The lowest BCUT2D eigenvalue weighted by atomic mass is 9.88. The van der Waals surface area contributed by atoms with E-state index < -0.39 is 0 Å². The standard InChI is InChI=1S/C18H28/c1-7-14(3)16(5)10-13(2)11-18-9-8-15(4)17(6)12-18/h9-10,12,15H,7-8,11H2,1-6H3/b13-10+,16-14-. The second kappa shape index (κ2) is 6.78.